The maximum Gasteiger partial charge on any atom is 0.265 e. The number of rotatable bonds is 7. The van der Waals surface area contributed by atoms with Gasteiger partial charge in [-0.3, -0.25) is 9.52 Å². The van der Waals surface area contributed by atoms with E-state index in [9.17, 15) is 13.2 Å². The highest BCUT2D eigenvalue weighted by atomic mass is 32.2. The average Bonchev–Trinajstić information content (AvgIpc) is 3.24. The Kier molecular flexibility index (Phi) is 6.02. The number of carbonyl (C=O) groups excluding carboxylic acids is 1. The summed E-state index contributed by atoms with van der Waals surface area (Å²) < 4.78 is 39.9. The van der Waals surface area contributed by atoms with Crippen molar-refractivity contribution in [2.75, 3.05) is 24.3 Å². The molecule has 0 aliphatic carbocycles. The molecule has 0 unspecified atom stereocenters. The van der Waals surface area contributed by atoms with Gasteiger partial charge in [-0.1, -0.05) is 18.2 Å². The van der Waals surface area contributed by atoms with Gasteiger partial charge in [0.2, 0.25) is 0 Å². The van der Waals surface area contributed by atoms with E-state index < -0.39 is 10.0 Å². The average molecular weight is 469 g/mol. The van der Waals surface area contributed by atoms with Crippen molar-refractivity contribution < 1.29 is 22.7 Å². The molecule has 1 heterocycles. The van der Waals surface area contributed by atoms with Gasteiger partial charge in [-0.25, -0.2) is 8.42 Å². The highest BCUT2D eigenvalue weighted by Gasteiger charge is 2.21. The summed E-state index contributed by atoms with van der Waals surface area (Å²) in [6.07, 6.45) is 0. The van der Waals surface area contributed by atoms with Crippen molar-refractivity contribution in [3.8, 4) is 11.5 Å². The van der Waals surface area contributed by atoms with Crippen molar-refractivity contribution in [2.24, 2.45) is 0 Å². The zero-order valence-electron chi connectivity index (χ0n) is 17.3. The van der Waals surface area contributed by atoms with Crippen LogP contribution in [0, 0.1) is 0 Å². The Balaban J connectivity index is 1.60. The number of carbonyl (C=O) groups is 1. The number of fused-ring (bicyclic) bond motifs is 1. The highest BCUT2D eigenvalue weighted by Crippen LogP contribution is 2.31. The van der Waals surface area contributed by atoms with Gasteiger partial charge in [-0.05, 0) is 60.0 Å². The van der Waals surface area contributed by atoms with Crippen LogP contribution in [0.4, 0.5) is 11.4 Å². The van der Waals surface area contributed by atoms with Crippen LogP contribution in [-0.2, 0) is 10.0 Å². The number of sulfonamides is 1. The summed E-state index contributed by atoms with van der Waals surface area (Å²) in [5.74, 6) is 0.449. The third-order valence-corrected chi connectivity index (χ3v) is 7.22. The fraction of sp³-hybridized carbons (Fsp3) is 0.0870. The molecular formula is C23H20N2O5S2. The van der Waals surface area contributed by atoms with Crippen molar-refractivity contribution in [3.63, 3.8) is 0 Å². The van der Waals surface area contributed by atoms with Crippen molar-refractivity contribution in [3.05, 3.63) is 77.7 Å². The molecule has 0 aliphatic heterocycles. The fourth-order valence-electron chi connectivity index (χ4n) is 3.12. The molecule has 2 N–H and O–H groups in total. The van der Waals surface area contributed by atoms with Gasteiger partial charge < -0.3 is 14.8 Å². The zero-order valence-corrected chi connectivity index (χ0v) is 18.9. The van der Waals surface area contributed by atoms with Gasteiger partial charge in [0.15, 0.2) is 0 Å². The molecule has 32 heavy (non-hydrogen) atoms. The molecule has 164 valence electrons. The molecule has 0 spiro atoms. The van der Waals surface area contributed by atoms with Crippen LogP contribution >= 0.6 is 11.3 Å². The number of ether oxygens (including phenoxy) is 2. The SMILES string of the molecule is COc1ccc(NS(=O)(=O)c2cc(NC(=O)c3cc4ccccc4s3)ccc2OC)cc1. The first kappa shape index (κ1) is 21.7. The maximum absolute atomic E-state index is 13.0. The number of amides is 1. The molecule has 7 nitrogen and oxygen atoms in total. The Hall–Kier alpha value is -3.56. The van der Waals surface area contributed by atoms with Crippen molar-refractivity contribution in [1.82, 2.24) is 0 Å². The molecule has 0 bridgehead atoms. The Morgan fingerprint density at radius 2 is 1.59 bits per heavy atom. The second-order valence-corrected chi connectivity index (χ2v) is 9.54. The van der Waals surface area contributed by atoms with Crippen LogP contribution in [0.3, 0.4) is 0 Å². The van der Waals surface area contributed by atoms with E-state index in [-0.39, 0.29) is 16.6 Å². The number of thiophene rings is 1. The fourth-order valence-corrected chi connectivity index (χ4v) is 5.33. The van der Waals surface area contributed by atoms with Crippen LogP contribution in [0.15, 0.2) is 77.7 Å². The van der Waals surface area contributed by atoms with E-state index in [4.69, 9.17) is 9.47 Å². The number of hydrogen-bond acceptors (Lipinski definition) is 6. The normalized spacial score (nSPS) is 11.2. The zero-order chi connectivity index (χ0) is 22.7. The molecule has 0 aliphatic rings. The number of hydrogen-bond donors (Lipinski definition) is 2. The van der Waals surface area contributed by atoms with E-state index in [1.54, 1.807) is 30.3 Å². The third kappa shape index (κ3) is 4.53. The van der Waals surface area contributed by atoms with E-state index in [1.807, 2.05) is 30.3 Å². The Labute approximate surface area is 189 Å². The number of anilines is 2. The maximum atomic E-state index is 13.0. The molecule has 0 saturated heterocycles. The summed E-state index contributed by atoms with van der Waals surface area (Å²) in [6, 6.07) is 20.5. The van der Waals surface area contributed by atoms with Crippen LogP contribution in [-0.4, -0.2) is 28.5 Å². The molecule has 9 heteroatoms. The minimum atomic E-state index is -3.98. The van der Waals surface area contributed by atoms with Gasteiger partial charge in [0, 0.05) is 16.1 Å². The molecular weight excluding hydrogens is 448 g/mol. The van der Waals surface area contributed by atoms with E-state index >= 15 is 0 Å². The summed E-state index contributed by atoms with van der Waals surface area (Å²) in [6.45, 7) is 0. The first-order chi connectivity index (χ1) is 15.4. The van der Waals surface area contributed by atoms with E-state index in [0.29, 0.717) is 22.0 Å². The van der Waals surface area contributed by atoms with Crippen LogP contribution in [0.25, 0.3) is 10.1 Å². The molecule has 4 rings (SSSR count). The second-order valence-electron chi connectivity index (χ2n) is 6.80. The molecule has 0 saturated carbocycles. The standard InChI is InChI=1S/C23H20N2O5S2/c1-29-18-10-7-16(8-11-18)25-32(27,28)22-14-17(9-12-19(22)30-2)24-23(26)21-13-15-5-3-4-6-20(15)31-21/h3-14,25H,1-2H3,(H,24,26). The monoisotopic (exact) mass is 468 g/mol. The third-order valence-electron chi connectivity index (χ3n) is 4.70. The molecule has 1 aromatic heterocycles. The molecule has 0 atom stereocenters. The van der Waals surface area contributed by atoms with Gasteiger partial charge >= 0.3 is 0 Å². The number of benzene rings is 3. The number of methoxy groups -OCH3 is 2. The minimum Gasteiger partial charge on any atom is -0.497 e. The Morgan fingerprint density at radius 1 is 0.875 bits per heavy atom. The predicted molar refractivity (Wildman–Crippen MR) is 127 cm³/mol. The van der Waals surface area contributed by atoms with Crippen LogP contribution in [0.5, 0.6) is 11.5 Å². The number of nitrogens with one attached hydrogen (secondary N) is 2. The second kappa shape index (κ2) is 8.89. The Bertz CT molecular complexity index is 1350. The highest BCUT2D eigenvalue weighted by molar-refractivity contribution is 7.92. The molecule has 4 aromatic rings. The Morgan fingerprint density at radius 3 is 2.28 bits per heavy atom. The van der Waals surface area contributed by atoms with Crippen LogP contribution in [0.1, 0.15) is 9.67 Å². The quantitative estimate of drug-likeness (QED) is 0.399. The van der Waals surface area contributed by atoms with Gasteiger partial charge in [0.05, 0.1) is 19.1 Å². The van der Waals surface area contributed by atoms with Crippen molar-refractivity contribution >= 4 is 48.7 Å². The van der Waals surface area contributed by atoms with Gasteiger partial charge in [0.1, 0.15) is 16.4 Å². The van der Waals surface area contributed by atoms with Crippen LogP contribution < -0.4 is 19.5 Å². The van der Waals surface area contributed by atoms with Gasteiger partial charge in [-0.15, -0.1) is 11.3 Å². The summed E-state index contributed by atoms with van der Waals surface area (Å²) in [5, 5.41) is 3.75. The molecule has 1 amide bonds. The smallest absolute Gasteiger partial charge is 0.265 e. The summed E-state index contributed by atoms with van der Waals surface area (Å²) in [7, 11) is -1.07. The summed E-state index contributed by atoms with van der Waals surface area (Å²) >= 11 is 1.37. The lowest BCUT2D eigenvalue weighted by atomic mass is 10.2. The lowest BCUT2D eigenvalue weighted by molar-refractivity contribution is 0.103. The van der Waals surface area contributed by atoms with E-state index in [0.717, 1.165) is 10.1 Å². The lowest BCUT2D eigenvalue weighted by Crippen LogP contribution is -2.15. The first-order valence-corrected chi connectivity index (χ1v) is 11.8. The predicted octanol–water partition coefficient (Wildman–Crippen LogP) is 4.97. The largest absolute Gasteiger partial charge is 0.497 e. The lowest BCUT2D eigenvalue weighted by Gasteiger charge is -2.14. The molecule has 0 radical (unpaired) electrons. The molecule has 0 fully saturated rings. The topological polar surface area (TPSA) is 93.7 Å². The van der Waals surface area contributed by atoms with Crippen molar-refractivity contribution in [2.45, 2.75) is 4.90 Å². The van der Waals surface area contributed by atoms with Crippen molar-refractivity contribution in [1.29, 1.82) is 0 Å². The minimum absolute atomic E-state index is 0.0926. The van der Waals surface area contributed by atoms with E-state index in [1.165, 1.54) is 37.7 Å². The van der Waals surface area contributed by atoms with Gasteiger partial charge in [-0.2, -0.15) is 0 Å². The first-order valence-electron chi connectivity index (χ1n) is 9.54. The van der Waals surface area contributed by atoms with E-state index in [2.05, 4.69) is 10.0 Å². The van der Waals surface area contributed by atoms with Crippen LogP contribution in [0.2, 0.25) is 0 Å². The van der Waals surface area contributed by atoms with Gasteiger partial charge in [0.25, 0.3) is 15.9 Å². The summed E-state index contributed by atoms with van der Waals surface area (Å²) in [5.41, 5.74) is 0.705. The molecule has 3 aromatic carbocycles. The summed E-state index contributed by atoms with van der Waals surface area (Å²) in [4.78, 5) is 13.2.